The van der Waals surface area contributed by atoms with Crippen LogP contribution in [-0.4, -0.2) is 41.7 Å². The van der Waals surface area contributed by atoms with Gasteiger partial charge in [-0.15, -0.1) is 35.7 Å². The lowest BCUT2D eigenvalue weighted by atomic mass is 10.1. The van der Waals surface area contributed by atoms with Gasteiger partial charge in [-0.3, -0.25) is 9.79 Å². The Hall–Kier alpha value is -1.74. The zero-order chi connectivity index (χ0) is 20.8. The molecule has 0 radical (unpaired) electrons. The summed E-state index contributed by atoms with van der Waals surface area (Å²) in [4.78, 5) is 19.5. The van der Waals surface area contributed by atoms with Gasteiger partial charge in [-0.25, -0.2) is 0 Å². The van der Waals surface area contributed by atoms with Gasteiger partial charge in [-0.2, -0.15) is 0 Å². The summed E-state index contributed by atoms with van der Waals surface area (Å²) >= 11 is 1.96. The standard InChI is InChI=1S/C24H30N4OS.HI/c1-25-23(27-18-24(12-13-24)30-21-9-3-2-4-10-21)26-16-19-7-5-8-20(15-19)17-28-14-6-11-22(28)29;/h2-5,7-10,15H,6,11-14,16-18H2,1H3,(H2,25,26,27);1H. The number of rotatable bonds is 8. The third-order valence-electron chi connectivity index (χ3n) is 5.68. The second kappa shape index (κ2) is 11.2. The van der Waals surface area contributed by atoms with Crippen molar-refractivity contribution in [2.75, 3.05) is 20.1 Å². The third-order valence-corrected chi connectivity index (χ3v) is 7.18. The van der Waals surface area contributed by atoms with Crippen LogP contribution in [-0.2, 0) is 17.9 Å². The number of thioether (sulfide) groups is 1. The van der Waals surface area contributed by atoms with E-state index in [0.29, 0.717) is 19.5 Å². The first-order chi connectivity index (χ1) is 14.7. The Morgan fingerprint density at radius 3 is 2.55 bits per heavy atom. The van der Waals surface area contributed by atoms with Crippen molar-refractivity contribution in [3.05, 3.63) is 65.7 Å². The number of aliphatic imine (C=N–C) groups is 1. The Labute approximate surface area is 206 Å². The Bertz CT molecular complexity index is 901. The Kier molecular flexibility index (Phi) is 8.66. The molecule has 0 bridgehead atoms. The summed E-state index contributed by atoms with van der Waals surface area (Å²) in [6.45, 7) is 3.20. The Morgan fingerprint density at radius 2 is 1.87 bits per heavy atom. The van der Waals surface area contributed by atoms with Crippen LogP contribution in [0.2, 0.25) is 0 Å². The third kappa shape index (κ3) is 6.87. The molecule has 7 heteroatoms. The molecule has 1 amide bonds. The second-order valence-electron chi connectivity index (χ2n) is 8.12. The summed E-state index contributed by atoms with van der Waals surface area (Å²) in [6.07, 6.45) is 4.13. The van der Waals surface area contributed by atoms with Gasteiger partial charge in [0.1, 0.15) is 0 Å². The van der Waals surface area contributed by atoms with Crippen LogP contribution in [0, 0.1) is 0 Å². The van der Waals surface area contributed by atoms with Gasteiger partial charge in [0.05, 0.1) is 0 Å². The molecule has 1 aliphatic carbocycles. The smallest absolute Gasteiger partial charge is 0.222 e. The minimum absolute atomic E-state index is 0. The minimum atomic E-state index is 0. The number of benzene rings is 2. The lowest BCUT2D eigenvalue weighted by molar-refractivity contribution is -0.128. The number of carbonyl (C=O) groups is 1. The van der Waals surface area contributed by atoms with Crippen molar-refractivity contribution >= 4 is 47.6 Å². The van der Waals surface area contributed by atoms with E-state index in [1.165, 1.54) is 28.9 Å². The summed E-state index contributed by atoms with van der Waals surface area (Å²) in [5.41, 5.74) is 2.38. The van der Waals surface area contributed by atoms with Crippen molar-refractivity contribution < 1.29 is 4.79 Å². The van der Waals surface area contributed by atoms with Gasteiger partial charge in [0.15, 0.2) is 5.96 Å². The predicted molar refractivity (Wildman–Crippen MR) is 139 cm³/mol. The minimum Gasteiger partial charge on any atom is -0.355 e. The van der Waals surface area contributed by atoms with Gasteiger partial charge >= 0.3 is 0 Å². The van der Waals surface area contributed by atoms with Crippen molar-refractivity contribution in [1.29, 1.82) is 0 Å². The molecule has 31 heavy (non-hydrogen) atoms. The monoisotopic (exact) mass is 550 g/mol. The molecule has 1 saturated heterocycles. The Balaban J connectivity index is 0.00000272. The molecule has 0 spiro atoms. The van der Waals surface area contributed by atoms with Crippen LogP contribution < -0.4 is 10.6 Å². The molecule has 1 heterocycles. The number of nitrogens with zero attached hydrogens (tertiary/aromatic N) is 2. The van der Waals surface area contributed by atoms with E-state index in [-0.39, 0.29) is 34.6 Å². The number of amides is 1. The van der Waals surface area contributed by atoms with Crippen molar-refractivity contribution in [3.8, 4) is 0 Å². The van der Waals surface area contributed by atoms with Crippen molar-refractivity contribution in [2.24, 2.45) is 4.99 Å². The molecule has 1 saturated carbocycles. The van der Waals surface area contributed by atoms with E-state index >= 15 is 0 Å². The van der Waals surface area contributed by atoms with Crippen molar-refractivity contribution in [3.63, 3.8) is 0 Å². The zero-order valence-corrected chi connectivity index (χ0v) is 21.1. The number of hydrogen-bond donors (Lipinski definition) is 2. The zero-order valence-electron chi connectivity index (χ0n) is 18.0. The van der Waals surface area contributed by atoms with Gasteiger partial charge in [-0.05, 0) is 42.5 Å². The molecule has 5 nitrogen and oxygen atoms in total. The molecule has 0 aromatic heterocycles. The molecule has 1 aliphatic heterocycles. The van der Waals surface area contributed by atoms with Crippen LogP contribution in [0.25, 0.3) is 0 Å². The topological polar surface area (TPSA) is 56.7 Å². The van der Waals surface area contributed by atoms with Crippen LogP contribution >= 0.6 is 35.7 Å². The summed E-state index contributed by atoms with van der Waals surface area (Å²) < 4.78 is 0.279. The summed E-state index contributed by atoms with van der Waals surface area (Å²) in [5.74, 6) is 1.10. The maximum atomic E-state index is 11.9. The molecule has 166 valence electrons. The maximum Gasteiger partial charge on any atom is 0.222 e. The second-order valence-corrected chi connectivity index (χ2v) is 9.66. The highest BCUT2D eigenvalue weighted by Crippen LogP contribution is 2.51. The molecule has 0 unspecified atom stereocenters. The first-order valence-corrected chi connectivity index (χ1v) is 11.5. The highest BCUT2D eigenvalue weighted by molar-refractivity contribution is 14.0. The molecule has 2 N–H and O–H groups in total. The molecule has 2 aromatic rings. The van der Waals surface area contributed by atoms with E-state index < -0.39 is 0 Å². The molecule has 2 fully saturated rings. The quantitative estimate of drug-likeness (QED) is 0.291. The summed E-state index contributed by atoms with van der Waals surface area (Å²) in [6, 6.07) is 19.1. The fourth-order valence-electron chi connectivity index (χ4n) is 3.77. The van der Waals surface area contributed by atoms with Crippen LogP contribution in [0.15, 0.2) is 64.5 Å². The number of hydrogen-bond acceptors (Lipinski definition) is 3. The SMILES string of the molecule is CN=C(NCc1cccc(CN2CCCC2=O)c1)NCC1(Sc2ccccc2)CC1.I. The van der Waals surface area contributed by atoms with E-state index in [0.717, 1.165) is 25.5 Å². The fourth-order valence-corrected chi connectivity index (χ4v) is 5.02. The van der Waals surface area contributed by atoms with Gasteiger partial charge in [-0.1, -0.05) is 42.5 Å². The first-order valence-electron chi connectivity index (χ1n) is 10.7. The molecule has 2 aliphatic rings. The van der Waals surface area contributed by atoms with Gasteiger partial charge < -0.3 is 15.5 Å². The number of carbonyl (C=O) groups excluding carboxylic acids is 1. The summed E-state index contributed by atoms with van der Waals surface area (Å²) in [5, 5.41) is 6.94. The molecule has 2 aromatic carbocycles. The highest BCUT2D eigenvalue weighted by Gasteiger charge is 2.43. The molecule has 4 rings (SSSR count). The highest BCUT2D eigenvalue weighted by atomic mass is 127. The summed E-state index contributed by atoms with van der Waals surface area (Å²) in [7, 11) is 1.81. The van der Waals surface area contributed by atoms with Crippen LogP contribution in [0.5, 0.6) is 0 Å². The number of guanidine groups is 1. The number of halogens is 1. The van der Waals surface area contributed by atoms with Crippen LogP contribution in [0.3, 0.4) is 0 Å². The molecular formula is C24H31IN4OS. The van der Waals surface area contributed by atoms with Gasteiger partial charge in [0.25, 0.3) is 0 Å². The van der Waals surface area contributed by atoms with E-state index in [1.54, 1.807) is 0 Å². The largest absolute Gasteiger partial charge is 0.355 e. The fraction of sp³-hybridized carbons (Fsp3) is 0.417. The first kappa shape index (κ1) is 23.9. The predicted octanol–water partition coefficient (Wildman–Crippen LogP) is 4.42. The normalized spacial score (nSPS) is 17.3. The molecular weight excluding hydrogens is 519 g/mol. The lowest BCUT2D eigenvalue weighted by Crippen LogP contribution is -2.40. The van der Waals surface area contributed by atoms with Crippen molar-refractivity contribution in [1.82, 2.24) is 15.5 Å². The van der Waals surface area contributed by atoms with Gasteiger partial charge in [0.2, 0.25) is 5.91 Å². The average molecular weight is 551 g/mol. The average Bonchev–Trinajstić information content (AvgIpc) is 3.42. The van der Waals surface area contributed by atoms with Crippen LogP contribution in [0.4, 0.5) is 0 Å². The Morgan fingerprint density at radius 1 is 1.10 bits per heavy atom. The van der Waals surface area contributed by atoms with E-state index in [4.69, 9.17) is 0 Å². The maximum absolute atomic E-state index is 11.9. The number of likely N-dealkylation sites (tertiary alicyclic amines) is 1. The van der Waals surface area contributed by atoms with E-state index in [1.807, 2.05) is 23.7 Å². The van der Waals surface area contributed by atoms with Crippen LogP contribution in [0.1, 0.15) is 36.8 Å². The molecule has 0 atom stereocenters. The number of nitrogens with one attached hydrogen (secondary N) is 2. The lowest BCUT2D eigenvalue weighted by Gasteiger charge is -2.19. The van der Waals surface area contributed by atoms with Gasteiger partial charge in [0, 0.05) is 49.3 Å². The van der Waals surface area contributed by atoms with E-state index in [9.17, 15) is 4.79 Å². The van der Waals surface area contributed by atoms with Crippen molar-refractivity contribution in [2.45, 2.75) is 48.4 Å². The van der Waals surface area contributed by atoms with E-state index in [2.05, 4.69) is 70.2 Å².